The molecule has 2 aromatic rings. The van der Waals surface area contributed by atoms with Crippen LogP contribution in [-0.2, 0) is 16.6 Å². The Labute approximate surface area is 114 Å². The maximum Gasteiger partial charge on any atom is 0.273 e. The molecule has 0 atom stereocenters. The zero-order valence-corrected chi connectivity index (χ0v) is 11.2. The van der Waals surface area contributed by atoms with Crippen LogP contribution in [0.1, 0.15) is 11.4 Å². The number of hydrogen-bond donors (Lipinski definition) is 2. The van der Waals surface area contributed by atoms with Gasteiger partial charge in [0.15, 0.2) is 0 Å². The van der Waals surface area contributed by atoms with E-state index in [-0.39, 0.29) is 17.1 Å². The van der Waals surface area contributed by atoms with Crippen LogP contribution in [0.4, 0.5) is 5.69 Å². The van der Waals surface area contributed by atoms with Gasteiger partial charge in [-0.05, 0) is 13.0 Å². The number of sulfonamides is 1. The first kappa shape index (κ1) is 14.1. The highest BCUT2D eigenvalue weighted by molar-refractivity contribution is 7.89. The normalized spacial score (nSPS) is 11.4. The van der Waals surface area contributed by atoms with Crippen molar-refractivity contribution in [2.45, 2.75) is 18.4 Å². The summed E-state index contributed by atoms with van der Waals surface area (Å²) >= 11 is 0. The maximum absolute atomic E-state index is 12.0. The van der Waals surface area contributed by atoms with Gasteiger partial charge in [0, 0.05) is 11.6 Å². The molecule has 0 radical (unpaired) electrons. The van der Waals surface area contributed by atoms with E-state index in [9.17, 15) is 18.5 Å². The largest absolute Gasteiger partial charge is 0.273 e. The maximum atomic E-state index is 12.0. The fraction of sp³-hybridized carbons (Fsp3) is 0.200. The molecule has 10 heteroatoms. The van der Waals surface area contributed by atoms with Crippen LogP contribution in [0.3, 0.4) is 0 Å². The molecule has 2 rings (SSSR count). The Kier molecular flexibility index (Phi) is 3.77. The van der Waals surface area contributed by atoms with Crippen molar-refractivity contribution in [3.05, 3.63) is 46.0 Å². The second-order valence-corrected chi connectivity index (χ2v) is 5.73. The fourth-order valence-corrected chi connectivity index (χ4v) is 2.52. The third-order valence-electron chi connectivity index (χ3n) is 2.58. The summed E-state index contributed by atoms with van der Waals surface area (Å²) in [5.74, 6) is 0.343. The van der Waals surface area contributed by atoms with Crippen LogP contribution in [0.15, 0.2) is 29.4 Å². The lowest BCUT2D eigenvalue weighted by molar-refractivity contribution is -0.385. The molecule has 0 aliphatic carbocycles. The van der Waals surface area contributed by atoms with E-state index in [0.717, 1.165) is 6.07 Å². The van der Waals surface area contributed by atoms with E-state index >= 15 is 0 Å². The second-order valence-electron chi connectivity index (χ2n) is 3.96. The third-order valence-corrected chi connectivity index (χ3v) is 3.98. The first-order valence-corrected chi connectivity index (χ1v) is 6.97. The molecule has 0 unspecified atom stereocenters. The van der Waals surface area contributed by atoms with E-state index in [2.05, 4.69) is 19.9 Å². The predicted molar refractivity (Wildman–Crippen MR) is 68.2 cm³/mol. The van der Waals surface area contributed by atoms with Crippen LogP contribution in [0.2, 0.25) is 0 Å². The highest BCUT2D eigenvalue weighted by Gasteiger charge is 2.19. The van der Waals surface area contributed by atoms with Crippen LogP contribution in [0, 0.1) is 17.0 Å². The molecule has 9 nitrogen and oxygen atoms in total. The summed E-state index contributed by atoms with van der Waals surface area (Å²) in [4.78, 5) is 13.8. The van der Waals surface area contributed by atoms with Crippen molar-refractivity contribution in [3.8, 4) is 0 Å². The number of aryl methyl sites for hydroxylation is 1. The van der Waals surface area contributed by atoms with E-state index in [4.69, 9.17) is 0 Å². The SMILES string of the molecule is Cc1ccc(S(=O)(=O)NCc2ncn[nH]2)cc1[N+](=O)[O-]. The minimum absolute atomic E-state index is 0.0794. The number of nitro groups is 1. The number of aromatic amines is 1. The Balaban J connectivity index is 2.25. The molecule has 106 valence electrons. The van der Waals surface area contributed by atoms with Gasteiger partial charge in [-0.2, -0.15) is 5.10 Å². The van der Waals surface area contributed by atoms with Crippen molar-refractivity contribution in [1.29, 1.82) is 0 Å². The van der Waals surface area contributed by atoms with Crippen LogP contribution < -0.4 is 4.72 Å². The smallest absolute Gasteiger partial charge is 0.262 e. The summed E-state index contributed by atoms with van der Waals surface area (Å²) in [5, 5.41) is 16.9. The molecule has 0 bridgehead atoms. The number of aromatic nitrogens is 3. The molecule has 0 aliphatic rings. The summed E-state index contributed by atoms with van der Waals surface area (Å²) in [6.07, 6.45) is 1.25. The monoisotopic (exact) mass is 297 g/mol. The topological polar surface area (TPSA) is 131 Å². The average molecular weight is 297 g/mol. The molecule has 0 amide bonds. The van der Waals surface area contributed by atoms with Gasteiger partial charge in [0.05, 0.1) is 16.4 Å². The van der Waals surface area contributed by atoms with Gasteiger partial charge in [-0.3, -0.25) is 15.2 Å². The molecule has 1 aromatic carbocycles. The zero-order valence-electron chi connectivity index (χ0n) is 10.4. The molecule has 20 heavy (non-hydrogen) atoms. The van der Waals surface area contributed by atoms with Crippen LogP contribution in [-0.4, -0.2) is 28.5 Å². The molecule has 2 N–H and O–H groups in total. The molecule has 0 saturated heterocycles. The summed E-state index contributed by atoms with van der Waals surface area (Å²) in [5.41, 5.74) is 0.150. The van der Waals surface area contributed by atoms with Crippen LogP contribution in [0.5, 0.6) is 0 Å². The van der Waals surface area contributed by atoms with Crippen molar-refractivity contribution in [1.82, 2.24) is 19.9 Å². The molecule has 1 heterocycles. The van der Waals surface area contributed by atoms with E-state index < -0.39 is 14.9 Å². The van der Waals surface area contributed by atoms with Crippen molar-refractivity contribution in [2.24, 2.45) is 0 Å². The van der Waals surface area contributed by atoms with Gasteiger partial charge in [-0.15, -0.1) is 0 Å². The van der Waals surface area contributed by atoms with Crippen LogP contribution >= 0.6 is 0 Å². The molecular weight excluding hydrogens is 286 g/mol. The molecule has 0 fully saturated rings. The number of nitrogens with zero attached hydrogens (tertiary/aromatic N) is 3. The van der Waals surface area contributed by atoms with E-state index in [1.807, 2.05) is 0 Å². The van der Waals surface area contributed by atoms with Crippen molar-refractivity contribution >= 4 is 15.7 Å². The Morgan fingerprint density at radius 2 is 2.20 bits per heavy atom. The Hall–Kier alpha value is -2.33. The highest BCUT2D eigenvalue weighted by atomic mass is 32.2. The average Bonchev–Trinajstić information content (AvgIpc) is 2.89. The lowest BCUT2D eigenvalue weighted by atomic mass is 10.2. The van der Waals surface area contributed by atoms with E-state index in [0.29, 0.717) is 11.4 Å². The van der Waals surface area contributed by atoms with E-state index in [1.165, 1.54) is 25.4 Å². The fourth-order valence-electron chi connectivity index (χ4n) is 1.52. The standard InChI is InChI=1S/C10H11N5O4S/c1-7-2-3-8(4-9(7)15(16)17)20(18,19)13-5-10-11-6-12-14-10/h2-4,6,13H,5H2,1H3,(H,11,12,14). The molecule has 0 spiro atoms. The van der Waals surface area contributed by atoms with Gasteiger partial charge in [-0.1, -0.05) is 6.07 Å². The Bertz CT molecular complexity index is 726. The van der Waals surface area contributed by atoms with E-state index in [1.54, 1.807) is 0 Å². The predicted octanol–water partition coefficient (Wildman–Crippen LogP) is 0.500. The Morgan fingerprint density at radius 3 is 2.80 bits per heavy atom. The first-order valence-electron chi connectivity index (χ1n) is 5.49. The summed E-state index contributed by atoms with van der Waals surface area (Å²) < 4.78 is 26.3. The number of nitro benzene ring substituents is 1. The Morgan fingerprint density at radius 1 is 1.45 bits per heavy atom. The summed E-state index contributed by atoms with van der Waals surface area (Å²) in [7, 11) is -3.85. The van der Waals surface area contributed by atoms with Gasteiger partial charge in [0.1, 0.15) is 12.2 Å². The number of H-pyrrole nitrogens is 1. The van der Waals surface area contributed by atoms with Crippen molar-refractivity contribution in [2.75, 3.05) is 0 Å². The molecular formula is C10H11N5O4S. The lowest BCUT2D eigenvalue weighted by Crippen LogP contribution is -2.24. The number of hydrogen-bond acceptors (Lipinski definition) is 6. The summed E-state index contributed by atoms with van der Waals surface area (Å²) in [6.45, 7) is 1.46. The lowest BCUT2D eigenvalue weighted by Gasteiger charge is -2.06. The summed E-state index contributed by atoms with van der Waals surface area (Å²) in [6, 6.07) is 3.73. The van der Waals surface area contributed by atoms with Gasteiger partial charge in [0.2, 0.25) is 10.0 Å². The molecule has 0 aliphatic heterocycles. The zero-order chi connectivity index (χ0) is 14.8. The third kappa shape index (κ3) is 2.97. The van der Waals surface area contributed by atoms with Crippen molar-refractivity contribution < 1.29 is 13.3 Å². The molecule has 1 aromatic heterocycles. The molecule has 0 saturated carbocycles. The number of rotatable bonds is 5. The van der Waals surface area contributed by atoms with Gasteiger partial charge >= 0.3 is 0 Å². The number of nitrogens with one attached hydrogen (secondary N) is 2. The van der Waals surface area contributed by atoms with Crippen LogP contribution in [0.25, 0.3) is 0 Å². The first-order chi connectivity index (χ1) is 9.40. The van der Waals surface area contributed by atoms with Crippen molar-refractivity contribution in [3.63, 3.8) is 0 Å². The second kappa shape index (κ2) is 5.35. The minimum atomic E-state index is -3.85. The number of benzene rings is 1. The van der Waals surface area contributed by atoms with Gasteiger partial charge < -0.3 is 0 Å². The highest BCUT2D eigenvalue weighted by Crippen LogP contribution is 2.22. The minimum Gasteiger partial charge on any atom is -0.262 e. The van der Waals surface area contributed by atoms with Gasteiger partial charge in [0.25, 0.3) is 5.69 Å². The van der Waals surface area contributed by atoms with Gasteiger partial charge in [-0.25, -0.2) is 18.1 Å². The quantitative estimate of drug-likeness (QED) is 0.610.